The lowest BCUT2D eigenvalue weighted by molar-refractivity contribution is -0.121. The van der Waals surface area contributed by atoms with Crippen molar-refractivity contribution < 1.29 is 4.79 Å². The van der Waals surface area contributed by atoms with Gasteiger partial charge in [0.15, 0.2) is 0 Å². The Morgan fingerprint density at radius 2 is 1.61 bits per heavy atom. The Balaban J connectivity index is 1.49. The van der Waals surface area contributed by atoms with Crippen molar-refractivity contribution in [2.45, 2.75) is 46.0 Å². The summed E-state index contributed by atoms with van der Waals surface area (Å²) in [6.45, 7) is 6.40. The largest absolute Gasteiger partial charge is 0.299 e. The van der Waals surface area contributed by atoms with Gasteiger partial charge in [0.05, 0.1) is 0 Å². The summed E-state index contributed by atoms with van der Waals surface area (Å²) in [7, 11) is 0. The molecule has 0 bridgehead atoms. The molecule has 1 saturated carbocycles. The molecule has 1 aliphatic carbocycles. The summed E-state index contributed by atoms with van der Waals surface area (Å²) in [5, 5.41) is 0. The van der Waals surface area contributed by atoms with E-state index >= 15 is 0 Å². The molecule has 1 heterocycles. The number of carbonyl (C=O) groups excluding carboxylic acids is 1. The predicted molar refractivity (Wildman–Crippen MR) is 115 cm³/mol. The quantitative estimate of drug-likeness (QED) is 0.566. The molecule has 28 heavy (non-hydrogen) atoms. The molecule has 2 atom stereocenters. The maximum Gasteiger partial charge on any atom is 0.143 e. The molecule has 4 rings (SSSR count). The second-order valence-electron chi connectivity index (χ2n) is 8.15. The van der Waals surface area contributed by atoms with Gasteiger partial charge in [-0.1, -0.05) is 54.1 Å². The van der Waals surface area contributed by atoms with E-state index in [4.69, 9.17) is 0 Å². The predicted octanol–water partition coefficient (Wildman–Crippen LogP) is 5.98. The number of ketones is 1. The second-order valence-corrected chi connectivity index (χ2v) is 8.15. The Morgan fingerprint density at radius 1 is 0.893 bits per heavy atom. The zero-order valence-corrected chi connectivity index (χ0v) is 16.9. The fourth-order valence-corrected chi connectivity index (χ4v) is 4.77. The lowest BCUT2D eigenvalue weighted by Crippen LogP contribution is -2.17. The van der Waals surface area contributed by atoms with E-state index in [1.165, 1.54) is 27.8 Å². The summed E-state index contributed by atoms with van der Waals surface area (Å²) < 4.78 is 0. The number of Topliss-reactive ketones (excluding diaryl/α,β-unsaturated/α-hetero) is 1. The minimum absolute atomic E-state index is 0.0502. The van der Waals surface area contributed by atoms with Crippen LogP contribution in [-0.4, -0.2) is 10.8 Å². The molecule has 0 aliphatic heterocycles. The van der Waals surface area contributed by atoms with Crippen molar-refractivity contribution in [3.05, 3.63) is 88.7 Å². The van der Waals surface area contributed by atoms with E-state index in [1.807, 2.05) is 24.4 Å². The fraction of sp³-hybridized carbons (Fsp3) is 0.308. The molecule has 2 unspecified atom stereocenters. The van der Waals surface area contributed by atoms with E-state index in [-0.39, 0.29) is 11.8 Å². The first-order valence-corrected chi connectivity index (χ1v) is 10.1. The van der Waals surface area contributed by atoms with Gasteiger partial charge in [0.25, 0.3) is 0 Å². The highest BCUT2D eigenvalue weighted by atomic mass is 16.1. The Labute approximate surface area is 167 Å². The van der Waals surface area contributed by atoms with Crippen LogP contribution in [0.15, 0.2) is 60.8 Å². The molecule has 0 N–H and O–H groups in total. The average Bonchev–Trinajstić information content (AvgIpc) is 3.03. The van der Waals surface area contributed by atoms with Gasteiger partial charge in [-0.25, -0.2) is 0 Å². The van der Waals surface area contributed by atoms with E-state index in [9.17, 15) is 4.79 Å². The number of hydrogen-bond donors (Lipinski definition) is 0. The lowest BCUT2D eigenvalue weighted by Gasteiger charge is -2.17. The molecule has 2 heteroatoms. The molecule has 2 nitrogen and oxygen atoms in total. The van der Waals surface area contributed by atoms with Crippen molar-refractivity contribution >= 4 is 5.78 Å². The second kappa shape index (κ2) is 7.71. The molecule has 1 fully saturated rings. The highest BCUT2D eigenvalue weighted by Crippen LogP contribution is 2.39. The van der Waals surface area contributed by atoms with Crippen molar-refractivity contribution in [2.75, 3.05) is 0 Å². The van der Waals surface area contributed by atoms with Crippen LogP contribution in [0.1, 0.15) is 46.7 Å². The Kier molecular flexibility index (Phi) is 5.13. The van der Waals surface area contributed by atoms with Crippen LogP contribution in [0.3, 0.4) is 0 Å². The number of pyridine rings is 1. The summed E-state index contributed by atoms with van der Waals surface area (Å²) in [5.41, 5.74) is 8.32. The van der Waals surface area contributed by atoms with Gasteiger partial charge in [-0.3, -0.25) is 9.78 Å². The lowest BCUT2D eigenvalue weighted by atomic mass is 9.86. The summed E-state index contributed by atoms with van der Waals surface area (Å²) >= 11 is 0. The van der Waals surface area contributed by atoms with E-state index in [1.54, 1.807) is 0 Å². The first kappa shape index (κ1) is 18.6. The van der Waals surface area contributed by atoms with Gasteiger partial charge in [-0.15, -0.1) is 0 Å². The van der Waals surface area contributed by atoms with Gasteiger partial charge < -0.3 is 0 Å². The van der Waals surface area contributed by atoms with Gasteiger partial charge in [0, 0.05) is 29.3 Å². The molecular weight excluding hydrogens is 342 g/mol. The standard InChI is InChI=1S/C26H27NO/c1-17-13-18(2)25(19(3)14-17)24-12-10-21(26(24)28)15-23-11-9-22(16-27-23)20-7-5-4-6-8-20/h4-9,11,13-14,16,21,24H,10,12,15H2,1-3H3. The number of aryl methyl sites for hydroxylation is 3. The van der Waals surface area contributed by atoms with Gasteiger partial charge in [0.1, 0.15) is 5.78 Å². The number of carbonyl (C=O) groups is 1. The van der Waals surface area contributed by atoms with Crippen LogP contribution in [0.4, 0.5) is 0 Å². The summed E-state index contributed by atoms with van der Waals surface area (Å²) in [6.07, 6.45) is 4.58. The highest BCUT2D eigenvalue weighted by Gasteiger charge is 2.36. The number of nitrogens with zero attached hydrogens (tertiary/aromatic N) is 1. The Bertz CT molecular complexity index is 966. The number of rotatable bonds is 4. The van der Waals surface area contributed by atoms with Gasteiger partial charge in [0.2, 0.25) is 0 Å². The molecule has 3 aromatic rings. The zero-order valence-electron chi connectivity index (χ0n) is 16.9. The monoisotopic (exact) mass is 369 g/mol. The number of benzene rings is 2. The third-order valence-corrected chi connectivity index (χ3v) is 6.02. The van der Waals surface area contributed by atoms with Crippen LogP contribution in [0.5, 0.6) is 0 Å². The van der Waals surface area contributed by atoms with Crippen molar-refractivity contribution in [1.29, 1.82) is 0 Å². The number of aromatic nitrogens is 1. The van der Waals surface area contributed by atoms with E-state index in [0.717, 1.165) is 30.5 Å². The molecule has 0 radical (unpaired) electrons. The normalized spacial score (nSPS) is 19.2. The molecule has 2 aromatic carbocycles. The van der Waals surface area contributed by atoms with Crippen LogP contribution in [0.2, 0.25) is 0 Å². The smallest absolute Gasteiger partial charge is 0.143 e. The summed E-state index contributed by atoms with van der Waals surface area (Å²) in [4.78, 5) is 17.8. The van der Waals surface area contributed by atoms with Crippen molar-refractivity contribution in [1.82, 2.24) is 4.98 Å². The van der Waals surface area contributed by atoms with Crippen LogP contribution in [0.25, 0.3) is 11.1 Å². The molecule has 1 aliphatic rings. The van der Waals surface area contributed by atoms with Crippen LogP contribution >= 0.6 is 0 Å². The number of hydrogen-bond acceptors (Lipinski definition) is 2. The van der Waals surface area contributed by atoms with Gasteiger partial charge >= 0.3 is 0 Å². The minimum atomic E-state index is 0.0502. The molecule has 1 aromatic heterocycles. The van der Waals surface area contributed by atoms with Crippen molar-refractivity contribution in [2.24, 2.45) is 5.92 Å². The zero-order chi connectivity index (χ0) is 19.7. The maximum atomic E-state index is 13.2. The minimum Gasteiger partial charge on any atom is -0.299 e. The maximum absolute atomic E-state index is 13.2. The first-order chi connectivity index (χ1) is 13.5. The summed E-state index contributed by atoms with van der Waals surface area (Å²) in [6, 6.07) is 18.9. The molecule has 0 saturated heterocycles. The molecule has 0 amide bonds. The van der Waals surface area contributed by atoms with E-state index in [0.29, 0.717) is 5.78 Å². The van der Waals surface area contributed by atoms with Crippen LogP contribution < -0.4 is 0 Å². The van der Waals surface area contributed by atoms with E-state index < -0.39 is 0 Å². The fourth-order valence-electron chi connectivity index (χ4n) is 4.77. The van der Waals surface area contributed by atoms with Crippen LogP contribution in [0, 0.1) is 26.7 Å². The van der Waals surface area contributed by atoms with Crippen molar-refractivity contribution in [3.63, 3.8) is 0 Å². The van der Waals surface area contributed by atoms with Crippen LogP contribution in [-0.2, 0) is 11.2 Å². The van der Waals surface area contributed by atoms with Crippen molar-refractivity contribution in [3.8, 4) is 11.1 Å². The topological polar surface area (TPSA) is 30.0 Å². The first-order valence-electron chi connectivity index (χ1n) is 10.1. The van der Waals surface area contributed by atoms with E-state index in [2.05, 4.69) is 62.2 Å². The average molecular weight is 370 g/mol. The van der Waals surface area contributed by atoms with Gasteiger partial charge in [-0.2, -0.15) is 0 Å². The SMILES string of the molecule is Cc1cc(C)c(C2CCC(Cc3ccc(-c4ccccc4)cn3)C2=O)c(C)c1. The van der Waals surface area contributed by atoms with Gasteiger partial charge in [-0.05, 0) is 68.4 Å². The Morgan fingerprint density at radius 3 is 2.25 bits per heavy atom. The third-order valence-electron chi connectivity index (χ3n) is 6.02. The third kappa shape index (κ3) is 3.64. The Hall–Kier alpha value is -2.74. The molecule has 0 spiro atoms. The molecular formula is C26H27NO. The molecule has 142 valence electrons. The highest BCUT2D eigenvalue weighted by molar-refractivity contribution is 5.90. The summed E-state index contributed by atoms with van der Waals surface area (Å²) in [5.74, 6) is 0.526.